The Labute approximate surface area is 178 Å². The molecule has 7 nitrogen and oxygen atoms in total. The van der Waals surface area contributed by atoms with E-state index in [4.69, 9.17) is 4.28 Å². The number of hydrogen-bond donors (Lipinski definition) is 1. The molecule has 0 aromatic heterocycles. The molecule has 2 aromatic rings. The molecule has 0 radical (unpaired) electrons. The van der Waals surface area contributed by atoms with Crippen molar-refractivity contribution in [3.63, 3.8) is 0 Å². The van der Waals surface area contributed by atoms with E-state index in [1.54, 1.807) is 36.2 Å². The Morgan fingerprint density at radius 3 is 2.27 bits per heavy atom. The van der Waals surface area contributed by atoms with Gasteiger partial charge in [0.15, 0.2) is 0 Å². The number of rotatable bonds is 6. The fraction of sp³-hybridized carbons (Fsp3) is 0.409. The minimum Gasteiger partial charge on any atom is -0.338 e. The van der Waals surface area contributed by atoms with Crippen LogP contribution < -0.4 is 5.32 Å². The Kier molecular flexibility index (Phi) is 6.80. The molecule has 0 spiro atoms. The van der Waals surface area contributed by atoms with Crippen molar-refractivity contribution in [2.24, 2.45) is 0 Å². The van der Waals surface area contributed by atoms with E-state index in [0.717, 1.165) is 11.1 Å². The second-order valence-corrected chi connectivity index (χ2v) is 9.09. The van der Waals surface area contributed by atoms with Crippen LogP contribution >= 0.6 is 0 Å². The Morgan fingerprint density at radius 1 is 1.10 bits per heavy atom. The summed E-state index contributed by atoms with van der Waals surface area (Å²) in [6, 6.07) is 16.3. The lowest BCUT2D eigenvalue weighted by Crippen LogP contribution is -2.56. The molecule has 0 saturated carbocycles. The number of benzene rings is 2. The van der Waals surface area contributed by atoms with Crippen molar-refractivity contribution >= 4 is 16.1 Å². The summed E-state index contributed by atoms with van der Waals surface area (Å²) in [6.07, 6.45) is 1.10. The lowest BCUT2D eigenvalue weighted by Gasteiger charge is -2.47. The Morgan fingerprint density at radius 2 is 1.70 bits per heavy atom. The van der Waals surface area contributed by atoms with E-state index in [1.807, 2.05) is 44.2 Å². The minimum absolute atomic E-state index is 0.132. The Bertz CT molecular complexity index is 954. The van der Waals surface area contributed by atoms with Gasteiger partial charge in [-0.1, -0.05) is 48.0 Å². The van der Waals surface area contributed by atoms with E-state index in [2.05, 4.69) is 5.32 Å². The first kappa shape index (κ1) is 22.3. The second-order valence-electron chi connectivity index (χ2n) is 7.56. The molecule has 1 fully saturated rings. The number of carbonyl (C=O) groups excluding carboxylic acids is 1. The highest BCUT2D eigenvalue weighted by Crippen LogP contribution is 2.38. The number of nitrogens with one attached hydrogen (secondary N) is 1. The summed E-state index contributed by atoms with van der Waals surface area (Å²) < 4.78 is 30.7. The Balaban J connectivity index is 1.78. The van der Waals surface area contributed by atoms with Crippen molar-refractivity contribution in [1.29, 1.82) is 0 Å². The maximum Gasteiger partial charge on any atom is 0.317 e. The highest BCUT2D eigenvalue weighted by Gasteiger charge is 2.43. The van der Waals surface area contributed by atoms with Crippen molar-refractivity contribution in [3.8, 4) is 0 Å². The van der Waals surface area contributed by atoms with Gasteiger partial charge < -0.3 is 10.2 Å². The van der Waals surface area contributed by atoms with E-state index >= 15 is 0 Å². The average Bonchev–Trinajstić information content (AvgIpc) is 2.75. The van der Waals surface area contributed by atoms with E-state index < -0.39 is 15.7 Å². The molecule has 2 aromatic carbocycles. The Hall–Kier alpha value is -2.42. The van der Waals surface area contributed by atoms with Crippen LogP contribution in [-0.2, 0) is 19.9 Å². The van der Waals surface area contributed by atoms with Crippen LogP contribution in [0.5, 0.6) is 0 Å². The number of hydroxylamine groups is 2. The molecule has 8 heteroatoms. The molecule has 162 valence electrons. The summed E-state index contributed by atoms with van der Waals surface area (Å²) in [6.45, 7) is 5.08. The molecule has 1 N–H and O–H groups in total. The number of aryl methyl sites for hydroxylation is 1. The van der Waals surface area contributed by atoms with Gasteiger partial charge in [-0.3, -0.25) is 0 Å². The first-order chi connectivity index (χ1) is 14.3. The van der Waals surface area contributed by atoms with Crippen molar-refractivity contribution in [1.82, 2.24) is 15.3 Å². The summed E-state index contributed by atoms with van der Waals surface area (Å²) in [4.78, 5) is 14.5. The smallest absolute Gasteiger partial charge is 0.317 e. The summed E-state index contributed by atoms with van der Waals surface area (Å²) in [5.41, 5.74) is 1.47. The number of urea groups is 1. The van der Waals surface area contributed by atoms with E-state index in [0.29, 0.717) is 32.5 Å². The molecular weight excluding hydrogens is 402 g/mol. The molecule has 0 bridgehead atoms. The van der Waals surface area contributed by atoms with Gasteiger partial charge in [-0.05, 0) is 44.4 Å². The van der Waals surface area contributed by atoms with Gasteiger partial charge in [0.05, 0.1) is 10.4 Å². The molecule has 30 heavy (non-hydrogen) atoms. The maximum absolute atomic E-state index is 12.6. The topological polar surface area (TPSA) is 79.0 Å². The zero-order valence-corrected chi connectivity index (χ0v) is 18.5. The molecule has 1 aliphatic rings. The summed E-state index contributed by atoms with van der Waals surface area (Å²) >= 11 is 0. The molecule has 2 amide bonds. The van der Waals surface area contributed by atoms with Gasteiger partial charge in [0.2, 0.25) is 0 Å². The van der Waals surface area contributed by atoms with Crippen LogP contribution in [0.2, 0.25) is 0 Å². The van der Waals surface area contributed by atoms with Gasteiger partial charge in [0.25, 0.3) is 0 Å². The van der Waals surface area contributed by atoms with Crippen molar-refractivity contribution in [2.45, 2.75) is 37.1 Å². The molecule has 0 atom stereocenters. The van der Waals surface area contributed by atoms with E-state index in [-0.39, 0.29) is 10.9 Å². The number of amides is 2. The number of piperidine rings is 1. The van der Waals surface area contributed by atoms with Crippen LogP contribution in [0.15, 0.2) is 59.5 Å². The largest absolute Gasteiger partial charge is 0.338 e. The lowest BCUT2D eigenvalue weighted by atomic mass is 9.80. The third-order valence-corrected chi connectivity index (χ3v) is 6.91. The van der Waals surface area contributed by atoms with Gasteiger partial charge >= 0.3 is 16.1 Å². The summed E-state index contributed by atoms with van der Waals surface area (Å²) in [5, 5.41) is 4.33. The van der Waals surface area contributed by atoms with Crippen molar-refractivity contribution in [2.75, 3.05) is 26.7 Å². The van der Waals surface area contributed by atoms with Gasteiger partial charge in [0, 0.05) is 26.7 Å². The highest BCUT2D eigenvalue weighted by molar-refractivity contribution is 7.86. The molecular formula is C22H29N3O4S. The fourth-order valence-corrected chi connectivity index (χ4v) is 4.83. The summed E-state index contributed by atoms with van der Waals surface area (Å²) in [5.74, 6) is 0. The first-order valence-corrected chi connectivity index (χ1v) is 11.5. The van der Waals surface area contributed by atoms with Gasteiger partial charge in [-0.15, -0.1) is 0 Å². The van der Waals surface area contributed by atoms with Crippen molar-refractivity contribution < 1.29 is 17.5 Å². The molecule has 0 unspecified atom stereocenters. The zero-order valence-electron chi connectivity index (χ0n) is 17.7. The van der Waals surface area contributed by atoms with Gasteiger partial charge in [0.1, 0.15) is 0 Å². The predicted octanol–water partition coefficient (Wildman–Crippen LogP) is 3.27. The van der Waals surface area contributed by atoms with Crippen LogP contribution in [0.3, 0.4) is 0 Å². The SMILES string of the molecule is CCNC(=O)N(C)C1(c2ccccc2)CCN(OS(=O)(=O)c2ccc(C)cc2)CC1. The monoisotopic (exact) mass is 431 g/mol. The van der Waals surface area contributed by atoms with Gasteiger partial charge in [-0.25, -0.2) is 4.79 Å². The van der Waals surface area contributed by atoms with Crippen molar-refractivity contribution in [3.05, 3.63) is 65.7 Å². The van der Waals surface area contributed by atoms with E-state index in [1.165, 1.54) is 5.06 Å². The maximum atomic E-state index is 12.6. The predicted molar refractivity (Wildman–Crippen MR) is 115 cm³/mol. The zero-order chi connectivity index (χ0) is 21.8. The van der Waals surface area contributed by atoms with Crippen LogP contribution in [0, 0.1) is 6.92 Å². The number of carbonyl (C=O) groups is 1. The van der Waals surface area contributed by atoms with Crippen LogP contribution in [0.25, 0.3) is 0 Å². The molecule has 1 saturated heterocycles. The number of nitrogens with zero attached hydrogens (tertiary/aromatic N) is 2. The third-order valence-electron chi connectivity index (χ3n) is 5.65. The molecule has 3 rings (SSSR count). The second kappa shape index (κ2) is 9.16. The van der Waals surface area contributed by atoms with Crippen LogP contribution in [0.4, 0.5) is 4.79 Å². The van der Waals surface area contributed by atoms with Crippen LogP contribution in [-0.4, -0.2) is 51.1 Å². The minimum atomic E-state index is -3.89. The summed E-state index contributed by atoms with van der Waals surface area (Å²) in [7, 11) is -2.10. The average molecular weight is 432 g/mol. The highest BCUT2D eigenvalue weighted by atomic mass is 32.2. The molecule has 1 heterocycles. The molecule has 0 aliphatic carbocycles. The first-order valence-electron chi connectivity index (χ1n) is 10.1. The lowest BCUT2D eigenvalue weighted by molar-refractivity contribution is -0.0964. The van der Waals surface area contributed by atoms with E-state index in [9.17, 15) is 13.2 Å². The standard InChI is InChI=1S/C22H29N3O4S/c1-4-23-21(26)24(3)22(19-8-6-5-7-9-19)14-16-25(17-15-22)29-30(27,28)20-12-10-18(2)11-13-20/h5-13H,4,14-17H2,1-3H3,(H,23,26). The molecule has 1 aliphatic heterocycles. The third kappa shape index (κ3) is 4.66. The quantitative estimate of drug-likeness (QED) is 0.759. The van der Waals surface area contributed by atoms with Gasteiger partial charge in [-0.2, -0.15) is 17.8 Å². The van der Waals surface area contributed by atoms with Crippen LogP contribution in [0.1, 0.15) is 30.9 Å². The normalized spacial score (nSPS) is 16.8. The fourth-order valence-electron chi connectivity index (χ4n) is 3.85. The number of hydrogen-bond acceptors (Lipinski definition) is 5.